The molecule has 0 radical (unpaired) electrons. The Bertz CT molecular complexity index is 826. The quantitative estimate of drug-likeness (QED) is 0.705. The Morgan fingerprint density at radius 2 is 2.04 bits per heavy atom. The fraction of sp³-hybridized carbons (Fsp3) is 0.294. The number of hydrogen-bond donors (Lipinski definition) is 0. The van der Waals surface area contributed by atoms with Crippen molar-refractivity contribution in [2.24, 2.45) is 0 Å². The minimum atomic E-state index is 0.141. The zero-order chi connectivity index (χ0) is 17.1. The standard InChI is InChI=1S/C17H17N5OS2/c23-15(21-5-7-22(8-6-21)17-19-4-9-24-17)10-14-12-25-16(20-14)13-2-1-3-18-11-13/h1-4,9,11-12H,5-8,10H2. The van der Waals surface area contributed by atoms with Crippen LogP contribution in [0.1, 0.15) is 5.69 Å². The summed E-state index contributed by atoms with van der Waals surface area (Å²) < 4.78 is 0. The van der Waals surface area contributed by atoms with Gasteiger partial charge in [0.2, 0.25) is 5.91 Å². The molecule has 0 aromatic carbocycles. The van der Waals surface area contributed by atoms with Gasteiger partial charge < -0.3 is 9.80 Å². The van der Waals surface area contributed by atoms with Crippen LogP contribution in [0.4, 0.5) is 5.13 Å². The molecule has 0 aliphatic carbocycles. The third-order valence-electron chi connectivity index (χ3n) is 4.11. The molecular weight excluding hydrogens is 354 g/mol. The van der Waals surface area contributed by atoms with E-state index < -0.39 is 0 Å². The summed E-state index contributed by atoms with van der Waals surface area (Å²) in [5.74, 6) is 0.141. The Kier molecular flexibility index (Phi) is 4.71. The fourth-order valence-electron chi connectivity index (χ4n) is 2.80. The van der Waals surface area contributed by atoms with Crippen molar-refractivity contribution >= 4 is 33.7 Å². The minimum absolute atomic E-state index is 0.141. The molecule has 0 spiro atoms. The molecule has 0 N–H and O–H groups in total. The molecule has 3 aromatic rings. The van der Waals surface area contributed by atoms with Crippen molar-refractivity contribution in [3.05, 3.63) is 47.2 Å². The summed E-state index contributed by atoms with van der Waals surface area (Å²) in [5.41, 5.74) is 1.82. The molecule has 3 aromatic heterocycles. The highest BCUT2D eigenvalue weighted by Crippen LogP contribution is 2.23. The predicted octanol–water partition coefficient (Wildman–Crippen LogP) is 2.55. The van der Waals surface area contributed by atoms with Crippen LogP contribution in [-0.4, -0.2) is 51.9 Å². The summed E-state index contributed by atoms with van der Waals surface area (Å²) in [4.78, 5) is 29.7. The van der Waals surface area contributed by atoms with Gasteiger partial charge in [-0.1, -0.05) is 0 Å². The number of carbonyl (C=O) groups is 1. The van der Waals surface area contributed by atoms with E-state index in [0.29, 0.717) is 6.42 Å². The number of thiazole rings is 2. The van der Waals surface area contributed by atoms with Gasteiger partial charge in [-0.25, -0.2) is 9.97 Å². The molecule has 0 unspecified atom stereocenters. The smallest absolute Gasteiger partial charge is 0.228 e. The van der Waals surface area contributed by atoms with E-state index in [1.807, 2.05) is 34.0 Å². The third-order valence-corrected chi connectivity index (χ3v) is 5.89. The molecular formula is C17H17N5OS2. The van der Waals surface area contributed by atoms with Gasteiger partial charge in [-0.3, -0.25) is 9.78 Å². The van der Waals surface area contributed by atoms with E-state index in [2.05, 4.69) is 19.9 Å². The molecule has 1 fully saturated rings. The van der Waals surface area contributed by atoms with Gasteiger partial charge in [0, 0.05) is 61.1 Å². The summed E-state index contributed by atoms with van der Waals surface area (Å²) in [6, 6.07) is 3.87. The maximum Gasteiger partial charge on any atom is 0.228 e. The molecule has 0 bridgehead atoms. The molecule has 1 aliphatic rings. The number of rotatable bonds is 4. The van der Waals surface area contributed by atoms with Crippen LogP contribution in [0.15, 0.2) is 41.5 Å². The molecule has 8 heteroatoms. The number of aromatic nitrogens is 3. The number of piperazine rings is 1. The van der Waals surface area contributed by atoms with E-state index in [4.69, 9.17) is 0 Å². The van der Waals surface area contributed by atoms with Crippen LogP contribution in [0.2, 0.25) is 0 Å². The molecule has 1 amide bonds. The van der Waals surface area contributed by atoms with Crippen LogP contribution in [-0.2, 0) is 11.2 Å². The van der Waals surface area contributed by atoms with Crippen molar-refractivity contribution in [1.29, 1.82) is 0 Å². The monoisotopic (exact) mass is 371 g/mol. The zero-order valence-corrected chi connectivity index (χ0v) is 15.2. The summed E-state index contributed by atoms with van der Waals surface area (Å²) in [5, 5.41) is 5.89. The van der Waals surface area contributed by atoms with Crippen molar-refractivity contribution in [1.82, 2.24) is 19.9 Å². The molecule has 6 nitrogen and oxygen atoms in total. The SMILES string of the molecule is O=C(Cc1csc(-c2cccnc2)n1)N1CCN(c2nccs2)CC1. The second kappa shape index (κ2) is 7.28. The van der Waals surface area contributed by atoms with Gasteiger partial charge in [0.05, 0.1) is 12.1 Å². The van der Waals surface area contributed by atoms with Crippen LogP contribution >= 0.6 is 22.7 Å². The molecule has 0 atom stereocenters. The number of nitrogens with zero attached hydrogens (tertiary/aromatic N) is 5. The van der Waals surface area contributed by atoms with Crippen LogP contribution in [0.25, 0.3) is 10.6 Å². The van der Waals surface area contributed by atoms with E-state index in [-0.39, 0.29) is 5.91 Å². The molecule has 1 aliphatic heterocycles. The van der Waals surface area contributed by atoms with Gasteiger partial charge in [0.15, 0.2) is 5.13 Å². The van der Waals surface area contributed by atoms with E-state index in [1.165, 1.54) is 0 Å². The maximum absolute atomic E-state index is 12.6. The predicted molar refractivity (Wildman–Crippen MR) is 100.0 cm³/mol. The number of anilines is 1. The Labute approximate surface area is 153 Å². The lowest BCUT2D eigenvalue weighted by molar-refractivity contribution is -0.130. The first kappa shape index (κ1) is 16.2. The number of pyridine rings is 1. The van der Waals surface area contributed by atoms with Gasteiger partial charge in [0.1, 0.15) is 5.01 Å². The van der Waals surface area contributed by atoms with Crippen LogP contribution < -0.4 is 4.90 Å². The summed E-state index contributed by atoms with van der Waals surface area (Å²) >= 11 is 3.19. The van der Waals surface area contributed by atoms with E-state index in [1.54, 1.807) is 35.1 Å². The Hall–Kier alpha value is -2.32. The summed E-state index contributed by atoms with van der Waals surface area (Å²) in [6.45, 7) is 3.13. The van der Waals surface area contributed by atoms with Gasteiger partial charge in [-0.15, -0.1) is 22.7 Å². The van der Waals surface area contributed by atoms with Crippen molar-refractivity contribution in [3.8, 4) is 10.6 Å². The molecule has 0 saturated carbocycles. The first-order valence-corrected chi connectivity index (χ1v) is 9.82. The van der Waals surface area contributed by atoms with E-state index >= 15 is 0 Å². The van der Waals surface area contributed by atoms with Gasteiger partial charge in [-0.2, -0.15) is 0 Å². The second-order valence-electron chi connectivity index (χ2n) is 5.74. The van der Waals surface area contributed by atoms with Crippen LogP contribution in [0, 0.1) is 0 Å². The van der Waals surface area contributed by atoms with Crippen molar-refractivity contribution < 1.29 is 4.79 Å². The minimum Gasteiger partial charge on any atom is -0.345 e. The van der Waals surface area contributed by atoms with Gasteiger partial charge >= 0.3 is 0 Å². The molecule has 25 heavy (non-hydrogen) atoms. The number of amides is 1. The Morgan fingerprint density at radius 3 is 2.76 bits per heavy atom. The number of hydrogen-bond acceptors (Lipinski definition) is 7. The largest absolute Gasteiger partial charge is 0.345 e. The average molecular weight is 371 g/mol. The summed E-state index contributed by atoms with van der Waals surface area (Å²) in [7, 11) is 0. The lowest BCUT2D eigenvalue weighted by atomic mass is 10.2. The zero-order valence-electron chi connectivity index (χ0n) is 13.5. The molecule has 1 saturated heterocycles. The Morgan fingerprint density at radius 1 is 1.16 bits per heavy atom. The number of carbonyl (C=O) groups excluding carboxylic acids is 1. The van der Waals surface area contributed by atoms with Crippen LogP contribution in [0.3, 0.4) is 0 Å². The Balaban J connectivity index is 1.34. The highest BCUT2D eigenvalue weighted by Gasteiger charge is 2.23. The first-order chi connectivity index (χ1) is 12.3. The second-order valence-corrected chi connectivity index (χ2v) is 7.48. The third kappa shape index (κ3) is 3.69. The fourth-order valence-corrected chi connectivity index (χ4v) is 4.30. The summed E-state index contributed by atoms with van der Waals surface area (Å²) in [6.07, 6.45) is 5.71. The van der Waals surface area contributed by atoms with E-state index in [0.717, 1.165) is 47.6 Å². The lowest BCUT2D eigenvalue weighted by Gasteiger charge is -2.34. The van der Waals surface area contributed by atoms with Gasteiger partial charge in [0.25, 0.3) is 0 Å². The molecule has 4 rings (SSSR count). The van der Waals surface area contributed by atoms with Crippen molar-refractivity contribution in [2.45, 2.75) is 6.42 Å². The van der Waals surface area contributed by atoms with Crippen LogP contribution in [0.5, 0.6) is 0 Å². The van der Waals surface area contributed by atoms with Crippen molar-refractivity contribution in [3.63, 3.8) is 0 Å². The average Bonchev–Trinajstić information content (AvgIpc) is 3.35. The van der Waals surface area contributed by atoms with Crippen molar-refractivity contribution in [2.75, 3.05) is 31.1 Å². The highest BCUT2D eigenvalue weighted by molar-refractivity contribution is 7.13. The molecule has 4 heterocycles. The van der Waals surface area contributed by atoms with E-state index in [9.17, 15) is 4.79 Å². The lowest BCUT2D eigenvalue weighted by Crippen LogP contribution is -2.49. The topological polar surface area (TPSA) is 62.2 Å². The highest BCUT2D eigenvalue weighted by atomic mass is 32.1. The van der Waals surface area contributed by atoms with Gasteiger partial charge in [-0.05, 0) is 12.1 Å². The normalized spacial score (nSPS) is 14.7. The first-order valence-electron chi connectivity index (χ1n) is 8.06. The molecule has 128 valence electrons. The maximum atomic E-state index is 12.6.